The van der Waals surface area contributed by atoms with E-state index in [4.69, 9.17) is 9.73 Å². The molecule has 3 saturated heterocycles. The van der Waals surface area contributed by atoms with Gasteiger partial charge in [0.2, 0.25) is 0 Å². The van der Waals surface area contributed by atoms with E-state index in [0.29, 0.717) is 12.6 Å². The predicted molar refractivity (Wildman–Crippen MR) is 110 cm³/mol. The van der Waals surface area contributed by atoms with E-state index in [-0.39, 0.29) is 11.9 Å². The van der Waals surface area contributed by atoms with E-state index in [1.54, 1.807) is 0 Å². The molecule has 1 N–H and O–H groups in total. The molecule has 0 amide bonds. The Kier molecular flexibility index (Phi) is 6.32. The number of hydrogen-bond donors (Lipinski definition) is 1. The Balaban J connectivity index is 1.31. The largest absolute Gasteiger partial charge is 0.373 e. The zero-order valence-corrected chi connectivity index (χ0v) is 16.8. The number of hydrogen-bond acceptors (Lipinski definition) is 4. The van der Waals surface area contributed by atoms with Crippen LogP contribution in [-0.2, 0) is 4.74 Å². The summed E-state index contributed by atoms with van der Waals surface area (Å²) < 4.78 is 19.2. The monoisotopic (exact) mass is 389 g/mol. The normalized spacial score (nSPS) is 26.4. The molecule has 0 aromatic heterocycles. The van der Waals surface area contributed by atoms with Crippen LogP contribution in [-0.4, -0.2) is 86.9 Å². The highest BCUT2D eigenvalue weighted by molar-refractivity contribution is 5.80. The average Bonchev–Trinajstić information content (AvgIpc) is 3.20. The van der Waals surface area contributed by atoms with Gasteiger partial charge in [-0.3, -0.25) is 9.89 Å². The lowest BCUT2D eigenvalue weighted by Crippen LogP contribution is -2.53. The van der Waals surface area contributed by atoms with Crippen LogP contribution in [0.4, 0.5) is 10.1 Å². The molecule has 6 nitrogen and oxygen atoms in total. The predicted octanol–water partition coefficient (Wildman–Crippen LogP) is 1.78. The van der Waals surface area contributed by atoms with Crippen LogP contribution in [0.3, 0.4) is 0 Å². The van der Waals surface area contributed by atoms with Crippen LogP contribution in [0.25, 0.3) is 0 Å². The number of guanidine groups is 1. The Morgan fingerprint density at radius 2 is 1.96 bits per heavy atom. The third-order valence-corrected chi connectivity index (χ3v) is 6.01. The lowest BCUT2D eigenvalue weighted by atomic mass is 10.2. The summed E-state index contributed by atoms with van der Waals surface area (Å²) in [5, 5.41) is 3.44. The van der Waals surface area contributed by atoms with E-state index in [1.165, 1.54) is 31.5 Å². The number of anilines is 1. The van der Waals surface area contributed by atoms with E-state index in [9.17, 15) is 4.39 Å². The molecule has 3 aliphatic heterocycles. The van der Waals surface area contributed by atoms with Crippen LogP contribution in [0.15, 0.2) is 29.3 Å². The maximum absolute atomic E-state index is 13.2. The molecule has 3 heterocycles. The molecule has 1 aromatic rings. The highest BCUT2D eigenvalue weighted by Gasteiger charge is 2.32. The number of rotatable bonds is 4. The van der Waals surface area contributed by atoms with Gasteiger partial charge in [-0.15, -0.1) is 0 Å². The van der Waals surface area contributed by atoms with E-state index in [2.05, 4.69) is 26.9 Å². The molecule has 3 fully saturated rings. The molecular weight excluding hydrogens is 357 g/mol. The Morgan fingerprint density at radius 3 is 2.71 bits per heavy atom. The number of morpholine rings is 1. The molecule has 28 heavy (non-hydrogen) atoms. The molecule has 0 bridgehead atoms. The van der Waals surface area contributed by atoms with Crippen LogP contribution in [0, 0.1) is 5.82 Å². The van der Waals surface area contributed by atoms with Crippen molar-refractivity contribution in [3.63, 3.8) is 0 Å². The van der Waals surface area contributed by atoms with E-state index in [1.807, 2.05) is 12.1 Å². The third kappa shape index (κ3) is 4.58. The first-order chi connectivity index (χ1) is 13.7. The zero-order chi connectivity index (χ0) is 19.3. The molecule has 154 valence electrons. The van der Waals surface area contributed by atoms with Gasteiger partial charge in [-0.2, -0.15) is 0 Å². The topological polar surface area (TPSA) is 43.3 Å². The molecule has 2 unspecified atom stereocenters. The summed E-state index contributed by atoms with van der Waals surface area (Å²) in [6.45, 7) is 10.4. The molecule has 3 aliphatic rings. The van der Waals surface area contributed by atoms with Crippen LogP contribution in [0.1, 0.15) is 19.8 Å². The number of nitrogens with zero attached hydrogens (tertiary/aromatic N) is 4. The average molecular weight is 390 g/mol. The minimum atomic E-state index is -0.186. The van der Waals surface area contributed by atoms with Crippen molar-refractivity contribution in [3.05, 3.63) is 30.1 Å². The minimum Gasteiger partial charge on any atom is -0.373 e. The molecule has 4 rings (SSSR count). The van der Waals surface area contributed by atoms with Crippen molar-refractivity contribution in [3.8, 4) is 0 Å². The fourth-order valence-electron chi connectivity index (χ4n) is 4.44. The number of halogens is 1. The summed E-state index contributed by atoms with van der Waals surface area (Å²) in [5.74, 6) is 0.794. The summed E-state index contributed by atoms with van der Waals surface area (Å²) >= 11 is 0. The fraction of sp³-hybridized carbons (Fsp3) is 0.667. The first-order valence-electron chi connectivity index (χ1n) is 10.6. The van der Waals surface area contributed by atoms with Crippen molar-refractivity contribution in [1.82, 2.24) is 15.1 Å². The van der Waals surface area contributed by atoms with Gasteiger partial charge in [0.1, 0.15) is 5.82 Å². The summed E-state index contributed by atoms with van der Waals surface area (Å²) in [6, 6.07) is 7.41. The smallest absolute Gasteiger partial charge is 0.194 e. The zero-order valence-electron chi connectivity index (χ0n) is 16.8. The maximum atomic E-state index is 13.2. The van der Waals surface area contributed by atoms with Crippen molar-refractivity contribution in [1.29, 1.82) is 0 Å². The molecule has 0 spiro atoms. The summed E-state index contributed by atoms with van der Waals surface area (Å²) in [5.41, 5.74) is 1.08. The fourth-order valence-corrected chi connectivity index (χ4v) is 4.44. The number of benzene rings is 1. The lowest BCUT2D eigenvalue weighted by Gasteiger charge is -2.38. The number of fused-ring (bicyclic) bond motifs is 1. The molecule has 0 saturated carbocycles. The molecule has 2 atom stereocenters. The SMILES string of the molecule is CCNC(=NCC1CN2CCCC2CO1)N1CCN(c2ccc(F)cc2)CC1. The summed E-state index contributed by atoms with van der Waals surface area (Å²) in [7, 11) is 0. The van der Waals surface area contributed by atoms with Gasteiger partial charge >= 0.3 is 0 Å². The Hall–Kier alpha value is -1.86. The molecule has 0 aliphatic carbocycles. The second-order valence-corrected chi connectivity index (χ2v) is 7.89. The number of piperazine rings is 1. The van der Waals surface area contributed by atoms with Crippen LogP contribution < -0.4 is 10.2 Å². The van der Waals surface area contributed by atoms with Gasteiger partial charge in [-0.05, 0) is 50.6 Å². The van der Waals surface area contributed by atoms with Gasteiger partial charge in [0, 0.05) is 51.0 Å². The van der Waals surface area contributed by atoms with Gasteiger partial charge in [-0.25, -0.2) is 4.39 Å². The Bertz CT molecular complexity index is 659. The highest BCUT2D eigenvalue weighted by atomic mass is 19.1. The lowest BCUT2D eigenvalue weighted by molar-refractivity contribution is -0.0432. The first-order valence-corrected chi connectivity index (χ1v) is 10.6. The van der Waals surface area contributed by atoms with Crippen LogP contribution in [0.2, 0.25) is 0 Å². The van der Waals surface area contributed by atoms with E-state index < -0.39 is 0 Å². The molecule has 7 heteroatoms. The minimum absolute atomic E-state index is 0.186. The van der Waals surface area contributed by atoms with Crippen LogP contribution in [0.5, 0.6) is 0 Å². The third-order valence-electron chi connectivity index (χ3n) is 6.01. The number of ether oxygens (including phenoxy) is 1. The van der Waals surface area contributed by atoms with Crippen molar-refractivity contribution in [2.45, 2.75) is 31.9 Å². The van der Waals surface area contributed by atoms with Gasteiger partial charge in [-0.1, -0.05) is 0 Å². The second-order valence-electron chi connectivity index (χ2n) is 7.89. The van der Waals surface area contributed by atoms with Crippen molar-refractivity contribution in [2.24, 2.45) is 4.99 Å². The quantitative estimate of drug-likeness (QED) is 0.628. The van der Waals surface area contributed by atoms with Crippen molar-refractivity contribution >= 4 is 11.6 Å². The van der Waals surface area contributed by atoms with E-state index >= 15 is 0 Å². The van der Waals surface area contributed by atoms with Crippen LogP contribution >= 0.6 is 0 Å². The van der Waals surface area contributed by atoms with E-state index in [0.717, 1.165) is 57.5 Å². The molecular formula is C21H32FN5O. The number of aliphatic imine (C=N–C) groups is 1. The number of nitrogens with one attached hydrogen (secondary N) is 1. The molecule has 0 radical (unpaired) electrons. The first kappa shape index (κ1) is 19.5. The van der Waals surface area contributed by atoms with Gasteiger partial charge < -0.3 is 19.9 Å². The second kappa shape index (κ2) is 9.09. The summed E-state index contributed by atoms with van der Waals surface area (Å²) in [6.07, 6.45) is 2.77. The van der Waals surface area contributed by atoms with Crippen molar-refractivity contribution in [2.75, 3.05) is 63.9 Å². The Labute approximate surface area is 167 Å². The van der Waals surface area contributed by atoms with Gasteiger partial charge in [0.15, 0.2) is 5.96 Å². The highest BCUT2D eigenvalue weighted by Crippen LogP contribution is 2.23. The van der Waals surface area contributed by atoms with Crippen molar-refractivity contribution < 1.29 is 9.13 Å². The summed E-state index contributed by atoms with van der Waals surface area (Å²) in [4.78, 5) is 12.1. The Morgan fingerprint density at radius 1 is 1.18 bits per heavy atom. The molecule has 1 aromatic carbocycles. The standard InChI is InChI=1S/C21H32FN5O/c1-2-23-21(24-14-20-15-27-9-3-4-19(27)16-28-20)26-12-10-25(11-13-26)18-7-5-17(22)6-8-18/h5-8,19-20H,2-4,9-16H2,1H3,(H,23,24). The van der Waals surface area contributed by atoms with Gasteiger partial charge in [0.25, 0.3) is 0 Å². The van der Waals surface area contributed by atoms with Gasteiger partial charge in [0.05, 0.1) is 19.3 Å². The maximum Gasteiger partial charge on any atom is 0.194 e.